The molecular formula is C32H53ClP2Pd. The van der Waals surface area contributed by atoms with Gasteiger partial charge < -0.3 is 0 Å². The molecule has 0 saturated heterocycles. The third-order valence-electron chi connectivity index (χ3n) is 9.40. The Labute approximate surface area is 242 Å². The van der Waals surface area contributed by atoms with E-state index >= 15 is 0 Å². The van der Waals surface area contributed by atoms with E-state index in [2.05, 4.69) is 33.8 Å². The van der Waals surface area contributed by atoms with Crippen molar-refractivity contribution < 1.29 is 18.2 Å². The average molecular weight is 642 g/mol. The minimum absolute atomic E-state index is 0.345. The van der Waals surface area contributed by atoms with E-state index in [9.17, 15) is 0 Å². The molecule has 4 aliphatic rings. The second kappa shape index (κ2) is 20.0. The normalized spacial score (nSPS) is 23.0. The molecule has 0 aliphatic heterocycles. The molecule has 0 aromatic heterocycles. The van der Waals surface area contributed by atoms with Crippen molar-refractivity contribution in [2.45, 2.75) is 151 Å². The Morgan fingerprint density at radius 2 is 0.750 bits per heavy atom. The predicted octanol–water partition coefficient (Wildman–Crippen LogP) is 11.5. The van der Waals surface area contributed by atoms with Crippen LogP contribution in [0.4, 0.5) is 0 Å². The van der Waals surface area contributed by atoms with E-state index in [-0.39, 0.29) is 0 Å². The van der Waals surface area contributed by atoms with Crippen LogP contribution in [0, 0.1) is 6.07 Å². The Balaban J connectivity index is 0.000000390. The summed E-state index contributed by atoms with van der Waals surface area (Å²) < 4.78 is 0. The van der Waals surface area contributed by atoms with Crippen LogP contribution in [0.25, 0.3) is 0 Å². The standard InChI is InChI=1S/C26H48P2.C6H5.ClH.Pd/c1-5-13-23(14-6-1)27(24-15-7-2-8-16-24)21-22-28(25-17-9-3-10-18-25)26-19-11-4-12-20-26;1-2-4-6-5-3-1;;/h23-26H,1-22H2;1-5H;1H;/q;-1;;+2/p-1. The summed E-state index contributed by atoms with van der Waals surface area (Å²) in [6.45, 7) is 0. The maximum Gasteiger partial charge on any atom is -0.171 e. The Bertz CT molecular complexity index is 518. The third kappa shape index (κ3) is 11.3. The molecule has 4 fully saturated rings. The van der Waals surface area contributed by atoms with Gasteiger partial charge in [-0.15, -0.1) is 0 Å². The van der Waals surface area contributed by atoms with Crippen LogP contribution in [-0.2, 0) is 18.2 Å². The monoisotopic (exact) mass is 640 g/mol. The molecule has 0 radical (unpaired) electrons. The molecule has 208 valence electrons. The number of hydrogen-bond acceptors (Lipinski definition) is 0. The molecule has 0 atom stereocenters. The summed E-state index contributed by atoms with van der Waals surface area (Å²) in [5.41, 5.74) is 4.73. The fraction of sp³-hybridized carbons (Fsp3) is 0.812. The van der Waals surface area contributed by atoms with Gasteiger partial charge in [-0.1, -0.05) is 92.9 Å². The van der Waals surface area contributed by atoms with Crippen LogP contribution in [0.5, 0.6) is 0 Å². The van der Waals surface area contributed by atoms with Gasteiger partial charge in [-0.2, -0.15) is 36.4 Å². The average Bonchev–Trinajstić information content (AvgIpc) is 2.99. The van der Waals surface area contributed by atoms with Crippen LogP contribution in [-0.4, -0.2) is 35.0 Å². The molecule has 0 heterocycles. The zero-order chi connectivity index (χ0) is 25.3. The number of halogens is 1. The molecule has 0 nitrogen and oxygen atoms in total. The van der Waals surface area contributed by atoms with Crippen molar-refractivity contribution in [3.05, 3.63) is 36.4 Å². The molecule has 0 spiro atoms. The van der Waals surface area contributed by atoms with E-state index < -0.39 is 0 Å². The van der Waals surface area contributed by atoms with Crippen LogP contribution in [0.15, 0.2) is 30.3 Å². The van der Waals surface area contributed by atoms with Crippen molar-refractivity contribution in [3.8, 4) is 0 Å². The van der Waals surface area contributed by atoms with Crippen molar-refractivity contribution in [1.29, 1.82) is 0 Å². The van der Waals surface area contributed by atoms with Gasteiger partial charge in [-0.25, -0.2) is 0 Å². The van der Waals surface area contributed by atoms with Crippen LogP contribution >= 0.6 is 25.4 Å². The molecule has 0 amide bonds. The van der Waals surface area contributed by atoms with Gasteiger partial charge in [0.2, 0.25) is 0 Å². The van der Waals surface area contributed by atoms with Crippen LogP contribution in [0.1, 0.15) is 128 Å². The smallest absolute Gasteiger partial charge is 0.171 e. The van der Waals surface area contributed by atoms with Gasteiger partial charge >= 0.3 is 27.7 Å². The minimum Gasteiger partial charge on any atom is -0.184 e. The molecule has 0 N–H and O–H groups in total. The van der Waals surface area contributed by atoms with E-state index in [1.807, 2.05) is 30.3 Å². The summed E-state index contributed by atoms with van der Waals surface area (Å²) in [4.78, 5) is 0. The molecule has 4 saturated carbocycles. The van der Waals surface area contributed by atoms with Gasteiger partial charge in [0.25, 0.3) is 0 Å². The number of hydrogen-bond donors (Lipinski definition) is 0. The van der Waals surface area contributed by atoms with Gasteiger partial charge in [0.15, 0.2) is 0 Å². The van der Waals surface area contributed by atoms with Gasteiger partial charge in [0, 0.05) is 0 Å². The van der Waals surface area contributed by atoms with Gasteiger partial charge in [0.1, 0.15) is 0 Å². The van der Waals surface area contributed by atoms with Crippen molar-refractivity contribution in [3.63, 3.8) is 0 Å². The van der Waals surface area contributed by atoms with E-state index in [0.717, 1.165) is 0 Å². The second-order valence-electron chi connectivity index (χ2n) is 11.7. The SMILES string of the molecule is C1CCC(P(CCP(C2CCCCC2)C2CCCCC2)C2CCCCC2)CC1.[Cl][Pd+].[c-]1ccccc1. The Morgan fingerprint density at radius 3 is 0.944 bits per heavy atom. The Kier molecular flexibility index (Phi) is 17.5. The Morgan fingerprint density at radius 1 is 0.472 bits per heavy atom. The Hall–Kier alpha value is 1.03. The summed E-state index contributed by atoms with van der Waals surface area (Å²) in [5.74, 6) is 0. The molecule has 4 heteroatoms. The fourth-order valence-electron chi connectivity index (χ4n) is 7.55. The zero-order valence-electron chi connectivity index (χ0n) is 22.8. The summed E-state index contributed by atoms with van der Waals surface area (Å²) in [5, 5.41) is 0. The molecule has 1 aromatic carbocycles. The molecular weight excluding hydrogens is 588 g/mol. The predicted molar refractivity (Wildman–Crippen MR) is 162 cm³/mol. The number of benzene rings is 1. The van der Waals surface area contributed by atoms with E-state index in [4.69, 9.17) is 0 Å². The van der Waals surface area contributed by atoms with Crippen molar-refractivity contribution >= 4 is 25.4 Å². The maximum absolute atomic E-state index is 4.49. The summed E-state index contributed by atoms with van der Waals surface area (Å²) in [6, 6.07) is 12.5. The van der Waals surface area contributed by atoms with E-state index in [1.54, 1.807) is 141 Å². The van der Waals surface area contributed by atoms with Gasteiger partial charge in [-0.05, 0) is 86.3 Å². The first-order chi connectivity index (χ1) is 17.9. The second-order valence-corrected chi connectivity index (χ2v) is 17.6. The molecule has 0 bridgehead atoms. The maximum atomic E-state index is 4.49. The van der Waals surface area contributed by atoms with Gasteiger partial charge in [0.05, 0.1) is 0 Å². The van der Waals surface area contributed by atoms with Crippen molar-refractivity contribution in [1.82, 2.24) is 0 Å². The molecule has 36 heavy (non-hydrogen) atoms. The summed E-state index contributed by atoms with van der Waals surface area (Å²) >= 11 is 2.22. The molecule has 5 rings (SSSR count). The molecule has 4 aliphatic carbocycles. The van der Waals surface area contributed by atoms with E-state index in [0.29, 0.717) is 15.8 Å². The van der Waals surface area contributed by atoms with Crippen LogP contribution < -0.4 is 0 Å². The fourth-order valence-corrected chi connectivity index (χ4v) is 16.2. The zero-order valence-corrected chi connectivity index (χ0v) is 26.9. The van der Waals surface area contributed by atoms with Crippen LogP contribution in [0.2, 0.25) is 0 Å². The molecule has 1 aromatic rings. The van der Waals surface area contributed by atoms with Gasteiger partial charge in [-0.3, -0.25) is 0 Å². The van der Waals surface area contributed by atoms with Crippen molar-refractivity contribution in [2.24, 2.45) is 0 Å². The first-order valence-corrected chi connectivity index (χ1v) is 20.8. The number of rotatable bonds is 7. The van der Waals surface area contributed by atoms with Crippen molar-refractivity contribution in [2.75, 3.05) is 12.3 Å². The first kappa shape index (κ1) is 31.6. The first-order valence-electron chi connectivity index (χ1n) is 15.5. The largest absolute Gasteiger partial charge is 0.184 e. The van der Waals surface area contributed by atoms with E-state index in [1.165, 1.54) is 22.6 Å². The summed E-state index contributed by atoms with van der Waals surface area (Å²) in [6.07, 6.45) is 35.1. The third-order valence-corrected chi connectivity index (χ3v) is 17.0. The minimum atomic E-state index is 0.345. The van der Waals surface area contributed by atoms with Crippen LogP contribution in [0.3, 0.4) is 0 Å². The molecule has 0 unspecified atom stereocenters. The topological polar surface area (TPSA) is 0 Å². The summed E-state index contributed by atoms with van der Waals surface area (Å²) in [7, 11) is 5.18. The quantitative estimate of drug-likeness (QED) is 0.158.